The molecular formula is C22H23N5S. The molecule has 0 amide bonds. The van der Waals surface area contributed by atoms with Crippen LogP contribution in [0.3, 0.4) is 0 Å². The Hall–Kier alpha value is -2.60. The highest BCUT2D eigenvalue weighted by Crippen LogP contribution is 2.48. The van der Waals surface area contributed by atoms with E-state index >= 15 is 0 Å². The molecule has 0 bridgehead atoms. The maximum Gasteiger partial charge on any atom is 0.160 e. The second-order valence-corrected chi connectivity index (χ2v) is 8.21. The topological polar surface area (TPSA) is 46.3 Å². The number of thioether (sulfide) groups is 1. The minimum atomic E-state index is 0.0235. The first-order chi connectivity index (χ1) is 13.8. The van der Waals surface area contributed by atoms with Gasteiger partial charge in [-0.1, -0.05) is 30.8 Å². The largest absolute Gasteiger partial charge is 0.344 e. The van der Waals surface area contributed by atoms with Crippen molar-refractivity contribution in [1.82, 2.24) is 19.4 Å². The Labute approximate surface area is 169 Å². The molecule has 3 atom stereocenters. The van der Waals surface area contributed by atoms with Crippen molar-refractivity contribution in [2.24, 2.45) is 4.99 Å². The Morgan fingerprint density at radius 2 is 1.89 bits per heavy atom. The van der Waals surface area contributed by atoms with E-state index < -0.39 is 0 Å². The Kier molecular flexibility index (Phi) is 4.64. The quantitative estimate of drug-likeness (QED) is 0.652. The number of hydrogen-bond donors (Lipinski definition) is 0. The fourth-order valence-electron chi connectivity index (χ4n) is 4.18. The van der Waals surface area contributed by atoms with Crippen LogP contribution in [-0.2, 0) is 6.54 Å². The molecule has 28 heavy (non-hydrogen) atoms. The van der Waals surface area contributed by atoms with Crippen molar-refractivity contribution in [3.05, 3.63) is 84.2 Å². The van der Waals surface area contributed by atoms with Crippen LogP contribution in [0, 0.1) is 0 Å². The molecule has 0 unspecified atom stereocenters. The van der Waals surface area contributed by atoms with Gasteiger partial charge in [-0.3, -0.25) is 15.0 Å². The zero-order valence-corrected chi connectivity index (χ0v) is 16.7. The highest BCUT2D eigenvalue weighted by Gasteiger charge is 2.46. The Morgan fingerprint density at radius 1 is 1.04 bits per heavy atom. The molecule has 2 aliphatic heterocycles. The molecule has 1 fully saturated rings. The van der Waals surface area contributed by atoms with Gasteiger partial charge in [-0.15, -0.1) is 0 Å². The van der Waals surface area contributed by atoms with E-state index in [2.05, 4.69) is 62.9 Å². The average Bonchev–Trinajstić information content (AvgIpc) is 3.44. The van der Waals surface area contributed by atoms with Crippen molar-refractivity contribution in [1.29, 1.82) is 0 Å². The molecule has 142 valence electrons. The van der Waals surface area contributed by atoms with E-state index in [-0.39, 0.29) is 12.1 Å². The molecule has 5 rings (SSSR count). The van der Waals surface area contributed by atoms with Gasteiger partial charge in [0.15, 0.2) is 5.17 Å². The average molecular weight is 390 g/mol. The summed E-state index contributed by atoms with van der Waals surface area (Å²) in [6.45, 7) is 3.04. The first kappa shape index (κ1) is 17.5. The number of pyridine rings is 2. The van der Waals surface area contributed by atoms with E-state index in [1.54, 1.807) is 0 Å². The van der Waals surface area contributed by atoms with Gasteiger partial charge in [0.2, 0.25) is 0 Å². The second kappa shape index (κ2) is 7.43. The monoisotopic (exact) mass is 389 g/mol. The number of hydrogen-bond acceptors (Lipinski definition) is 5. The summed E-state index contributed by atoms with van der Waals surface area (Å²) in [5, 5.41) is 1.16. The summed E-state index contributed by atoms with van der Waals surface area (Å²) < 4.78 is 2.32. The van der Waals surface area contributed by atoms with E-state index in [9.17, 15) is 0 Å². The second-order valence-electron chi connectivity index (χ2n) is 7.22. The van der Waals surface area contributed by atoms with Gasteiger partial charge in [-0.05, 0) is 42.8 Å². The van der Waals surface area contributed by atoms with Gasteiger partial charge in [0.1, 0.15) is 6.04 Å². The lowest BCUT2D eigenvalue weighted by molar-refractivity contribution is 0.246. The molecule has 0 radical (unpaired) electrons. The first-order valence-corrected chi connectivity index (χ1v) is 10.8. The van der Waals surface area contributed by atoms with E-state index in [1.807, 2.05) is 42.4 Å². The van der Waals surface area contributed by atoms with Crippen LogP contribution in [0.4, 0.5) is 0 Å². The fraction of sp³-hybridized carbons (Fsp3) is 0.318. The Balaban J connectivity index is 1.55. The molecule has 1 saturated heterocycles. The Morgan fingerprint density at radius 3 is 2.64 bits per heavy atom. The van der Waals surface area contributed by atoms with Crippen LogP contribution >= 0.6 is 11.8 Å². The molecule has 2 aliphatic rings. The van der Waals surface area contributed by atoms with Crippen molar-refractivity contribution in [2.45, 2.75) is 38.0 Å². The van der Waals surface area contributed by atoms with Gasteiger partial charge >= 0.3 is 0 Å². The third-order valence-corrected chi connectivity index (χ3v) is 6.68. The van der Waals surface area contributed by atoms with Crippen LogP contribution in [-0.4, -0.2) is 36.4 Å². The van der Waals surface area contributed by atoms with Gasteiger partial charge in [0.05, 0.1) is 24.0 Å². The smallest absolute Gasteiger partial charge is 0.160 e. The van der Waals surface area contributed by atoms with Crippen molar-refractivity contribution in [3.8, 4) is 0 Å². The third kappa shape index (κ3) is 3.02. The van der Waals surface area contributed by atoms with Gasteiger partial charge < -0.3 is 9.47 Å². The molecule has 0 N–H and O–H groups in total. The predicted molar refractivity (Wildman–Crippen MR) is 113 cm³/mol. The molecule has 6 heteroatoms. The van der Waals surface area contributed by atoms with Crippen LogP contribution in [0.1, 0.15) is 42.5 Å². The zero-order valence-electron chi connectivity index (χ0n) is 15.8. The minimum Gasteiger partial charge on any atom is -0.344 e. The SMILES string of the molecule is CC[C@@H]1CSC2=N[C@H](c3ccccn3)[C@@H](c3cccn3Cc3ccccn3)N21. The Bertz CT molecular complexity index is 969. The molecule has 3 aromatic rings. The highest BCUT2D eigenvalue weighted by molar-refractivity contribution is 8.14. The fourth-order valence-corrected chi connectivity index (χ4v) is 5.51. The van der Waals surface area contributed by atoms with Crippen LogP contribution in [0.2, 0.25) is 0 Å². The van der Waals surface area contributed by atoms with E-state index in [4.69, 9.17) is 4.99 Å². The summed E-state index contributed by atoms with van der Waals surface area (Å²) in [6.07, 6.45) is 7.00. The number of amidine groups is 1. The molecule has 0 aliphatic carbocycles. The number of aliphatic imine (C=N–C) groups is 1. The highest BCUT2D eigenvalue weighted by atomic mass is 32.2. The normalized spacial score (nSPS) is 23.7. The van der Waals surface area contributed by atoms with E-state index in [1.165, 1.54) is 5.69 Å². The van der Waals surface area contributed by atoms with Crippen molar-refractivity contribution >= 4 is 16.9 Å². The number of nitrogens with zero attached hydrogens (tertiary/aromatic N) is 5. The van der Waals surface area contributed by atoms with Gasteiger partial charge in [-0.25, -0.2) is 0 Å². The summed E-state index contributed by atoms with van der Waals surface area (Å²) in [5.74, 6) is 1.11. The lowest BCUT2D eigenvalue weighted by atomic mass is 9.99. The predicted octanol–water partition coefficient (Wildman–Crippen LogP) is 4.31. The molecule has 3 aromatic heterocycles. The number of aromatic nitrogens is 3. The first-order valence-electron chi connectivity index (χ1n) is 9.80. The summed E-state index contributed by atoms with van der Waals surface area (Å²) in [4.78, 5) is 16.8. The molecule has 5 nitrogen and oxygen atoms in total. The van der Waals surface area contributed by atoms with Crippen LogP contribution in [0.5, 0.6) is 0 Å². The van der Waals surface area contributed by atoms with Crippen molar-refractivity contribution in [2.75, 3.05) is 5.75 Å². The van der Waals surface area contributed by atoms with E-state index in [0.29, 0.717) is 6.04 Å². The summed E-state index contributed by atoms with van der Waals surface area (Å²) >= 11 is 1.88. The van der Waals surface area contributed by atoms with Gasteiger partial charge in [0.25, 0.3) is 0 Å². The number of rotatable bonds is 5. The van der Waals surface area contributed by atoms with Crippen LogP contribution in [0.25, 0.3) is 0 Å². The summed E-state index contributed by atoms with van der Waals surface area (Å²) in [7, 11) is 0. The minimum absolute atomic E-state index is 0.0235. The van der Waals surface area contributed by atoms with Crippen LogP contribution < -0.4 is 0 Å². The molecular weight excluding hydrogens is 366 g/mol. The standard InChI is InChI=1S/C22H23N5S/c1-2-17-15-28-22-25-20(18-9-4-6-12-24-18)21(27(17)22)19-10-7-13-26(19)14-16-8-3-5-11-23-16/h3-13,17,20-21H,2,14-15H2,1H3/t17-,20-,21-/m1/s1. The van der Waals surface area contributed by atoms with Gasteiger partial charge in [0, 0.05) is 36.1 Å². The van der Waals surface area contributed by atoms with E-state index in [0.717, 1.165) is 35.3 Å². The third-order valence-electron chi connectivity index (χ3n) is 5.56. The van der Waals surface area contributed by atoms with Gasteiger partial charge in [-0.2, -0.15) is 0 Å². The lowest BCUT2D eigenvalue weighted by Gasteiger charge is -2.32. The molecule has 0 spiro atoms. The summed E-state index contributed by atoms with van der Waals surface area (Å²) in [6, 6.07) is 17.3. The van der Waals surface area contributed by atoms with Crippen molar-refractivity contribution < 1.29 is 0 Å². The molecule has 5 heterocycles. The maximum atomic E-state index is 5.12. The molecule has 0 saturated carbocycles. The lowest BCUT2D eigenvalue weighted by Crippen LogP contribution is -2.36. The maximum absolute atomic E-state index is 5.12. The zero-order chi connectivity index (χ0) is 18.9. The van der Waals surface area contributed by atoms with Crippen LogP contribution in [0.15, 0.2) is 72.1 Å². The number of fused-ring (bicyclic) bond motifs is 1. The molecule has 0 aromatic carbocycles. The van der Waals surface area contributed by atoms with Crippen molar-refractivity contribution in [3.63, 3.8) is 0 Å². The summed E-state index contributed by atoms with van der Waals surface area (Å²) in [5.41, 5.74) is 3.38.